The minimum absolute atomic E-state index is 0.0326. The maximum atomic E-state index is 12.4. The van der Waals surface area contributed by atoms with E-state index in [1.54, 1.807) is 12.5 Å². The summed E-state index contributed by atoms with van der Waals surface area (Å²) in [7, 11) is 0. The molecule has 1 atom stereocenters. The van der Waals surface area contributed by atoms with E-state index < -0.39 is 0 Å². The molecule has 2 aromatic rings. The van der Waals surface area contributed by atoms with Crippen molar-refractivity contribution in [3.63, 3.8) is 0 Å². The third kappa shape index (κ3) is 1.95. The molecule has 1 aliphatic rings. The van der Waals surface area contributed by atoms with Gasteiger partial charge in [-0.3, -0.25) is 4.79 Å². The predicted octanol–water partition coefficient (Wildman–Crippen LogP) is 2.98. The Morgan fingerprint density at radius 1 is 1.44 bits per heavy atom. The SMILES string of the molecule is O=C1c2cccc(Cl)c2CCC1Cn1ccnc1. The smallest absolute Gasteiger partial charge is 0.168 e. The third-order valence-corrected chi connectivity index (χ3v) is 3.84. The van der Waals surface area contributed by atoms with Gasteiger partial charge in [0.25, 0.3) is 0 Å². The van der Waals surface area contributed by atoms with E-state index in [1.807, 2.05) is 29.0 Å². The van der Waals surface area contributed by atoms with Crippen molar-refractivity contribution in [1.82, 2.24) is 9.55 Å². The summed E-state index contributed by atoms with van der Waals surface area (Å²) in [6.45, 7) is 0.699. The first-order valence-corrected chi connectivity index (χ1v) is 6.41. The number of rotatable bonds is 2. The molecule has 1 heterocycles. The third-order valence-electron chi connectivity index (χ3n) is 3.49. The molecular formula is C14H13ClN2O. The van der Waals surface area contributed by atoms with Crippen molar-refractivity contribution in [3.05, 3.63) is 53.1 Å². The average molecular weight is 261 g/mol. The molecule has 1 aliphatic carbocycles. The lowest BCUT2D eigenvalue weighted by Gasteiger charge is -2.24. The number of hydrogen-bond donors (Lipinski definition) is 0. The van der Waals surface area contributed by atoms with Crippen LogP contribution in [0.5, 0.6) is 0 Å². The normalized spacial score (nSPS) is 18.7. The van der Waals surface area contributed by atoms with E-state index in [0.29, 0.717) is 11.6 Å². The van der Waals surface area contributed by atoms with Gasteiger partial charge in [0.2, 0.25) is 0 Å². The number of Topliss-reactive ketones (excluding diaryl/α,β-unsaturated/α-hetero) is 1. The first-order chi connectivity index (χ1) is 8.75. The van der Waals surface area contributed by atoms with Crippen LogP contribution in [0.3, 0.4) is 0 Å². The topological polar surface area (TPSA) is 34.9 Å². The number of halogens is 1. The summed E-state index contributed by atoms with van der Waals surface area (Å²) in [5, 5.41) is 0.710. The Morgan fingerprint density at radius 2 is 2.33 bits per heavy atom. The summed E-state index contributed by atoms with van der Waals surface area (Å²) in [5.74, 6) is 0.234. The van der Waals surface area contributed by atoms with Gasteiger partial charge in [0.05, 0.1) is 6.33 Å². The van der Waals surface area contributed by atoms with Crippen molar-refractivity contribution in [2.75, 3.05) is 0 Å². The standard InChI is InChI=1S/C14H13ClN2O/c15-13-3-1-2-12-11(13)5-4-10(14(12)18)8-17-7-6-16-9-17/h1-3,6-7,9-10H,4-5,8H2. The lowest BCUT2D eigenvalue weighted by molar-refractivity contribution is 0.0887. The minimum Gasteiger partial charge on any atom is -0.337 e. The van der Waals surface area contributed by atoms with Gasteiger partial charge in [0.1, 0.15) is 0 Å². The van der Waals surface area contributed by atoms with Crippen LogP contribution in [0, 0.1) is 5.92 Å². The van der Waals surface area contributed by atoms with Crippen LogP contribution in [0.15, 0.2) is 36.9 Å². The van der Waals surface area contributed by atoms with Gasteiger partial charge >= 0.3 is 0 Å². The molecular weight excluding hydrogens is 248 g/mol. The molecule has 1 aromatic heterocycles. The Hall–Kier alpha value is -1.61. The highest BCUT2D eigenvalue weighted by Crippen LogP contribution is 2.31. The van der Waals surface area contributed by atoms with Crippen LogP contribution in [-0.2, 0) is 13.0 Å². The number of carbonyl (C=O) groups is 1. The second-order valence-electron chi connectivity index (χ2n) is 4.63. The molecule has 1 aromatic carbocycles. The molecule has 3 rings (SSSR count). The summed E-state index contributed by atoms with van der Waals surface area (Å²) in [5.41, 5.74) is 1.80. The lowest BCUT2D eigenvalue weighted by atomic mass is 9.82. The maximum Gasteiger partial charge on any atom is 0.168 e. The Kier molecular flexibility index (Phi) is 2.92. The second-order valence-corrected chi connectivity index (χ2v) is 5.03. The van der Waals surface area contributed by atoms with E-state index >= 15 is 0 Å². The highest BCUT2D eigenvalue weighted by molar-refractivity contribution is 6.32. The molecule has 3 nitrogen and oxygen atoms in total. The maximum absolute atomic E-state index is 12.4. The van der Waals surface area contributed by atoms with Crippen LogP contribution in [0.1, 0.15) is 22.3 Å². The van der Waals surface area contributed by atoms with Gasteiger partial charge in [0, 0.05) is 35.4 Å². The van der Waals surface area contributed by atoms with E-state index in [2.05, 4.69) is 4.98 Å². The van der Waals surface area contributed by atoms with Gasteiger partial charge in [-0.05, 0) is 24.5 Å². The van der Waals surface area contributed by atoms with E-state index in [0.717, 1.165) is 24.0 Å². The fraction of sp³-hybridized carbons (Fsp3) is 0.286. The largest absolute Gasteiger partial charge is 0.337 e. The summed E-state index contributed by atoms with van der Waals surface area (Å²) >= 11 is 6.13. The van der Waals surface area contributed by atoms with Gasteiger partial charge in [-0.1, -0.05) is 23.7 Å². The van der Waals surface area contributed by atoms with Crippen LogP contribution in [-0.4, -0.2) is 15.3 Å². The molecule has 0 saturated heterocycles. The fourth-order valence-electron chi connectivity index (χ4n) is 2.54. The highest BCUT2D eigenvalue weighted by atomic mass is 35.5. The summed E-state index contributed by atoms with van der Waals surface area (Å²) < 4.78 is 1.96. The van der Waals surface area contributed by atoms with Crippen LogP contribution < -0.4 is 0 Å². The molecule has 0 aliphatic heterocycles. The van der Waals surface area contributed by atoms with Gasteiger partial charge in [-0.25, -0.2) is 4.98 Å². The zero-order valence-electron chi connectivity index (χ0n) is 9.84. The van der Waals surface area contributed by atoms with Gasteiger partial charge in [-0.2, -0.15) is 0 Å². The molecule has 0 amide bonds. The number of fused-ring (bicyclic) bond motifs is 1. The quantitative estimate of drug-likeness (QED) is 0.832. The Morgan fingerprint density at radius 3 is 3.11 bits per heavy atom. The van der Waals surface area contributed by atoms with Gasteiger partial charge in [0.15, 0.2) is 5.78 Å². The van der Waals surface area contributed by atoms with E-state index in [9.17, 15) is 4.79 Å². The summed E-state index contributed by atoms with van der Waals surface area (Å²) in [6, 6.07) is 5.58. The number of hydrogen-bond acceptors (Lipinski definition) is 2. The number of nitrogens with zero attached hydrogens (tertiary/aromatic N) is 2. The van der Waals surface area contributed by atoms with E-state index in [-0.39, 0.29) is 11.7 Å². The second kappa shape index (κ2) is 4.58. The Bertz CT molecular complexity index is 577. The van der Waals surface area contributed by atoms with Crippen molar-refractivity contribution < 1.29 is 4.79 Å². The molecule has 0 radical (unpaired) electrons. The van der Waals surface area contributed by atoms with Crippen molar-refractivity contribution in [1.29, 1.82) is 0 Å². The molecule has 0 fully saturated rings. The fourth-order valence-corrected chi connectivity index (χ4v) is 2.81. The van der Waals surface area contributed by atoms with Crippen LogP contribution in [0.4, 0.5) is 0 Å². The van der Waals surface area contributed by atoms with Crippen molar-refractivity contribution >= 4 is 17.4 Å². The molecule has 1 unspecified atom stereocenters. The highest BCUT2D eigenvalue weighted by Gasteiger charge is 2.28. The molecule has 18 heavy (non-hydrogen) atoms. The van der Waals surface area contributed by atoms with Crippen LogP contribution in [0.25, 0.3) is 0 Å². The lowest BCUT2D eigenvalue weighted by Crippen LogP contribution is -2.26. The molecule has 0 bridgehead atoms. The molecule has 0 N–H and O–H groups in total. The molecule has 0 spiro atoms. The first kappa shape index (κ1) is 11.5. The van der Waals surface area contributed by atoms with Crippen molar-refractivity contribution in [2.24, 2.45) is 5.92 Å². The molecule has 92 valence electrons. The summed E-state index contributed by atoms with van der Waals surface area (Å²) in [4.78, 5) is 16.4. The number of carbonyl (C=O) groups excluding carboxylic acids is 1. The zero-order valence-corrected chi connectivity index (χ0v) is 10.6. The van der Waals surface area contributed by atoms with E-state index in [1.165, 1.54) is 0 Å². The van der Waals surface area contributed by atoms with Crippen molar-refractivity contribution in [3.8, 4) is 0 Å². The predicted molar refractivity (Wildman–Crippen MR) is 69.8 cm³/mol. The minimum atomic E-state index is 0.0326. The van der Waals surface area contributed by atoms with E-state index in [4.69, 9.17) is 11.6 Å². The van der Waals surface area contributed by atoms with Gasteiger partial charge < -0.3 is 4.57 Å². The van der Waals surface area contributed by atoms with Gasteiger partial charge in [-0.15, -0.1) is 0 Å². The number of imidazole rings is 1. The number of ketones is 1. The number of benzene rings is 1. The Balaban J connectivity index is 1.88. The average Bonchev–Trinajstić information content (AvgIpc) is 2.86. The molecule has 0 saturated carbocycles. The number of aromatic nitrogens is 2. The van der Waals surface area contributed by atoms with Crippen LogP contribution >= 0.6 is 11.6 Å². The molecule has 4 heteroatoms. The summed E-state index contributed by atoms with van der Waals surface area (Å²) in [6.07, 6.45) is 7.10. The first-order valence-electron chi connectivity index (χ1n) is 6.03. The van der Waals surface area contributed by atoms with Crippen molar-refractivity contribution in [2.45, 2.75) is 19.4 Å². The zero-order chi connectivity index (χ0) is 12.5. The monoisotopic (exact) mass is 260 g/mol. The van der Waals surface area contributed by atoms with Crippen LogP contribution in [0.2, 0.25) is 5.02 Å². The Labute approximate surface area is 110 Å².